The minimum Gasteiger partial charge on any atom is -0.381 e. The zero-order valence-corrected chi connectivity index (χ0v) is 11.6. The van der Waals surface area contributed by atoms with E-state index in [1.54, 1.807) is 0 Å². The lowest BCUT2D eigenvalue weighted by Gasteiger charge is -2.21. The van der Waals surface area contributed by atoms with Gasteiger partial charge in [0.15, 0.2) is 0 Å². The lowest BCUT2D eigenvalue weighted by Crippen LogP contribution is -2.27. The Morgan fingerprint density at radius 3 is 3.18 bits per heavy atom. The first-order valence-corrected chi connectivity index (χ1v) is 7.86. The Kier molecular flexibility index (Phi) is 3.47. The van der Waals surface area contributed by atoms with E-state index in [4.69, 9.17) is 4.74 Å². The van der Waals surface area contributed by atoms with Crippen LogP contribution >= 0.6 is 22.7 Å². The Balaban J connectivity index is 1.88. The van der Waals surface area contributed by atoms with Gasteiger partial charge in [-0.25, -0.2) is 0 Å². The average Bonchev–Trinajstić information content (AvgIpc) is 3.01. The molecule has 0 amide bonds. The van der Waals surface area contributed by atoms with Crippen LogP contribution < -0.4 is 5.32 Å². The number of fused-ring (bicyclic) bond motifs is 1. The Bertz CT molecular complexity index is 456. The van der Waals surface area contributed by atoms with Gasteiger partial charge in [-0.3, -0.25) is 0 Å². The van der Waals surface area contributed by atoms with Gasteiger partial charge in [-0.05, 0) is 30.5 Å². The Labute approximate surface area is 110 Å². The molecule has 4 heteroatoms. The largest absolute Gasteiger partial charge is 0.381 e. The van der Waals surface area contributed by atoms with Crippen molar-refractivity contribution in [3.05, 3.63) is 22.4 Å². The van der Waals surface area contributed by atoms with Crippen LogP contribution in [0.3, 0.4) is 0 Å². The van der Waals surface area contributed by atoms with Gasteiger partial charge < -0.3 is 10.1 Å². The molecule has 92 valence electrons. The molecule has 0 bridgehead atoms. The van der Waals surface area contributed by atoms with E-state index in [0.717, 1.165) is 19.8 Å². The van der Waals surface area contributed by atoms with Crippen molar-refractivity contribution >= 4 is 32.1 Å². The molecule has 0 radical (unpaired) electrons. The quantitative estimate of drug-likeness (QED) is 0.913. The molecule has 0 spiro atoms. The molecule has 0 aliphatic carbocycles. The summed E-state index contributed by atoms with van der Waals surface area (Å²) in [5.41, 5.74) is 0. The molecule has 0 aromatic carbocycles. The highest BCUT2D eigenvalue weighted by Crippen LogP contribution is 2.37. The number of nitrogens with one attached hydrogen (secondary N) is 1. The molecule has 1 aliphatic rings. The fraction of sp³-hybridized carbons (Fsp3) is 0.538. The number of thiophene rings is 2. The summed E-state index contributed by atoms with van der Waals surface area (Å²) >= 11 is 3.77. The molecule has 2 aromatic rings. The molecule has 2 atom stereocenters. The van der Waals surface area contributed by atoms with E-state index in [9.17, 15) is 0 Å². The smallest absolute Gasteiger partial charge is 0.0513 e. The van der Waals surface area contributed by atoms with Crippen molar-refractivity contribution in [1.82, 2.24) is 5.32 Å². The maximum absolute atomic E-state index is 5.53. The van der Waals surface area contributed by atoms with E-state index in [-0.39, 0.29) is 0 Å². The summed E-state index contributed by atoms with van der Waals surface area (Å²) in [6.07, 6.45) is 1.18. The lowest BCUT2D eigenvalue weighted by atomic mass is 9.97. The molecule has 1 aliphatic heterocycles. The summed E-state index contributed by atoms with van der Waals surface area (Å²) in [7, 11) is 0. The highest BCUT2D eigenvalue weighted by atomic mass is 32.1. The molecule has 3 heterocycles. The first-order chi connectivity index (χ1) is 8.38. The third-order valence-electron chi connectivity index (χ3n) is 3.33. The van der Waals surface area contributed by atoms with Crippen molar-refractivity contribution in [3.8, 4) is 0 Å². The first kappa shape index (κ1) is 11.7. The predicted molar refractivity (Wildman–Crippen MR) is 75.0 cm³/mol. The van der Waals surface area contributed by atoms with Crippen LogP contribution in [-0.4, -0.2) is 19.8 Å². The molecule has 3 rings (SSSR count). The number of hydrogen-bond acceptors (Lipinski definition) is 4. The van der Waals surface area contributed by atoms with Crippen molar-refractivity contribution in [2.75, 3.05) is 19.8 Å². The van der Waals surface area contributed by atoms with Gasteiger partial charge in [-0.15, -0.1) is 22.7 Å². The lowest BCUT2D eigenvalue weighted by molar-refractivity contribution is 0.177. The van der Waals surface area contributed by atoms with Crippen LogP contribution in [0.4, 0.5) is 0 Å². The second kappa shape index (κ2) is 5.06. The summed E-state index contributed by atoms with van der Waals surface area (Å²) in [4.78, 5) is 1.48. The molecule has 2 unspecified atom stereocenters. The normalized spacial score (nSPS) is 22.3. The molecular weight excluding hydrogens is 250 g/mol. The van der Waals surface area contributed by atoms with Crippen molar-refractivity contribution < 1.29 is 4.74 Å². The highest BCUT2D eigenvalue weighted by Gasteiger charge is 2.27. The SMILES string of the molecule is CCNC(c1cc2sccc2s1)C1CCOC1. The third-order valence-corrected chi connectivity index (χ3v) is 5.50. The number of hydrogen-bond donors (Lipinski definition) is 1. The van der Waals surface area contributed by atoms with Gasteiger partial charge in [0.1, 0.15) is 0 Å². The van der Waals surface area contributed by atoms with Gasteiger partial charge in [0.2, 0.25) is 0 Å². The fourth-order valence-corrected chi connectivity index (χ4v) is 4.76. The second-order valence-electron chi connectivity index (χ2n) is 4.46. The van der Waals surface area contributed by atoms with Gasteiger partial charge in [-0.1, -0.05) is 6.92 Å². The van der Waals surface area contributed by atoms with Gasteiger partial charge in [-0.2, -0.15) is 0 Å². The number of rotatable bonds is 4. The van der Waals surface area contributed by atoms with E-state index in [1.165, 1.54) is 20.7 Å². The van der Waals surface area contributed by atoms with Gasteiger partial charge >= 0.3 is 0 Å². The first-order valence-electron chi connectivity index (χ1n) is 6.16. The van der Waals surface area contributed by atoms with Crippen LogP contribution in [0.2, 0.25) is 0 Å². The van der Waals surface area contributed by atoms with Crippen LogP contribution in [0.25, 0.3) is 9.40 Å². The molecule has 2 aromatic heterocycles. The van der Waals surface area contributed by atoms with Crippen LogP contribution in [-0.2, 0) is 4.74 Å². The Hall–Kier alpha value is -0.420. The molecule has 2 nitrogen and oxygen atoms in total. The van der Waals surface area contributed by atoms with Crippen molar-refractivity contribution in [1.29, 1.82) is 0 Å². The summed E-state index contributed by atoms with van der Waals surface area (Å²) in [5, 5.41) is 5.80. The zero-order valence-electron chi connectivity index (χ0n) is 9.94. The maximum Gasteiger partial charge on any atom is 0.0513 e. The van der Waals surface area contributed by atoms with Gasteiger partial charge in [0.05, 0.1) is 6.61 Å². The fourth-order valence-electron chi connectivity index (χ4n) is 2.47. The maximum atomic E-state index is 5.53. The molecule has 1 fully saturated rings. The van der Waals surface area contributed by atoms with E-state index in [0.29, 0.717) is 12.0 Å². The van der Waals surface area contributed by atoms with Crippen LogP contribution in [0.5, 0.6) is 0 Å². The van der Waals surface area contributed by atoms with E-state index >= 15 is 0 Å². The summed E-state index contributed by atoms with van der Waals surface area (Å²) in [6, 6.07) is 5.06. The Morgan fingerprint density at radius 1 is 1.53 bits per heavy atom. The molecule has 1 N–H and O–H groups in total. The van der Waals surface area contributed by atoms with E-state index in [2.05, 4.69) is 29.8 Å². The minimum absolute atomic E-state index is 0.479. The molecule has 0 saturated carbocycles. The third kappa shape index (κ3) is 2.27. The van der Waals surface area contributed by atoms with Crippen molar-refractivity contribution in [2.45, 2.75) is 19.4 Å². The molecule has 1 saturated heterocycles. The molecule has 17 heavy (non-hydrogen) atoms. The van der Waals surface area contributed by atoms with E-state index in [1.807, 2.05) is 22.7 Å². The average molecular weight is 267 g/mol. The topological polar surface area (TPSA) is 21.3 Å². The van der Waals surface area contributed by atoms with Crippen LogP contribution in [0.1, 0.15) is 24.3 Å². The second-order valence-corrected chi connectivity index (χ2v) is 6.52. The van der Waals surface area contributed by atoms with E-state index < -0.39 is 0 Å². The minimum atomic E-state index is 0.479. The Morgan fingerprint density at radius 2 is 2.47 bits per heavy atom. The monoisotopic (exact) mass is 267 g/mol. The van der Waals surface area contributed by atoms with Gasteiger partial charge in [0.25, 0.3) is 0 Å². The van der Waals surface area contributed by atoms with Crippen molar-refractivity contribution in [2.24, 2.45) is 5.92 Å². The zero-order chi connectivity index (χ0) is 11.7. The summed E-state index contributed by atoms with van der Waals surface area (Å²) < 4.78 is 8.37. The number of ether oxygens (including phenoxy) is 1. The van der Waals surface area contributed by atoms with Crippen LogP contribution in [0, 0.1) is 5.92 Å². The predicted octanol–water partition coefficient (Wildman–Crippen LogP) is 3.65. The summed E-state index contributed by atoms with van der Waals surface area (Å²) in [6.45, 7) is 5.03. The summed E-state index contributed by atoms with van der Waals surface area (Å²) in [5.74, 6) is 0.641. The van der Waals surface area contributed by atoms with Crippen molar-refractivity contribution in [3.63, 3.8) is 0 Å². The van der Waals surface area contributed by atoms with Crippen LogP contribution in [0.15, 0.2) is 17.5 Å². The molecular formula is C13H17NOS2. The standard InChI is InChI=1S/C13H17NOS2/c1-2-14-13(9-3-5-15-8-9)12-7-11-10(17-12)4-6-16-11/h4,6-7,9,13-14H,2-3,5,8H2,1H3. The van der Waals surface area contributed by atoms with Gasteiger partial charge in [0, 0.05) is 32.8 Å². The highest BCUT2D eigenvalue weighted by molar-refractivity contribution is 7.26.